The molecule has 1 aliphatic rings. The molecule has 0 bridgehead atoms. The van der Waals surface area contributed by atoms with Crippen LogP contribution in [0.1, 0.15) is 24.3 Å². The molecular weight excluding hydrogens is 290 g/mol. The van der Waals surface area contributed by atoms with Crippen LogP contribution in [0.25, 0.3) is 21.9 Å². The Morgan fingerprint density at radius 2 is 2.35 bits per heavy atom. The molecule has 0 spiro atoms. The molecule has 3 aromatic rings. The van der Waals surface area contributed by atoms with Gasteiger partial charge in [-0.3, -0.25) is 9.78 Å². The number of rotatable bonds is 2. The number of pyridine rings is 2. The molecule has 0 saturated carbocycles. The van der Waals surface area contributed by atoms with Gasteiger partial charge in [0.05, 0.1) is 17.8 Å². The summed E-state index contributed by atoms with van der Waals surface area (Å²) in [4.78, 5) is 25.7. The van der Waals surface area contributed by atoms with Crippen LogP contribution in [-0.4, -0.2) is 38.8 Å². The summed E-state index contributed by atoms with van der Waals surface area (Å²) < 4.78 is 0. The van der Waals surface area contributed by atoms with E-state index in [0.717, 1.165) is 28.4 Å². The van der Waals surface area contributed by atoms with Gasteiger partial charge in [-0.2, -0.15) is 5.26 Å². The number of H-pyrrole nitrogens is 1. The number of carbonyl (C=O) groups is 1. The molecule has 23 heavy (non-hydrogen) atoms. The summed E-state index contributed by atoms with van der Waals surface area (Å²) in [5.74, 6) is 0.186. The van der Waals surface area contributed by atoms with Crippen molar-refractivity contribution in [3.8, 4) is 6.07 Å². The van der Waals surface area contributed by atoms with Crippen LogP contribution >= 0.6 is 0 Å². The standard InChI is InChI=1S/C17H15N5O/c18-5-1-15(23)22-8-4-11(10-22)12-2-6-19-14-9-21-17-13(16(12)14)3-7-20-17/h2-3,6-7,9,11H,1,4,8,10H2,(H,20,21)/t11-/m0/s1. The highest BCUT2D eigenvalue weighted by Crippen LogP contribution is 2.34. The molecule has 1 atom stereocenters. The highest BCUT2D eigenvalue weighted by molar-refractivity contribution is 6.05. The SMILES string of the molecule is N#CCC(=O)N1CC[C@H](c2ccnc3cnc4[nH]ccc4c23)C1. The minimum Gasteiger partial charge on any atom is -0.346 e. The van der Waals surface area contributed by atoms with Gasteiger partial charge in [0.15, 0.2) is 0 Å². The van der Waals surface area contributed by atoms with Crippen molar-refractivity contribution in [2.45, 2.75) is 18.8 Å². The molecule has 1 fully saturated rings. The van der Waals surface area contributed by atoms with E-state index in [4.69, 9.17) is 5.26 Å². The number of amides is 1. The molecule has 6 nitrogen and oxygen atoms in total. The predicted molar refractivity (Wildman–Crippen MR) is 85.6 cm³/mol. The monoisotopic (exact) mass is 305 g/mol. The first kappa shape index (κ1) is 13.7. The summed E-state index contributed by atoms with van der Waals surface area (Å²) in [7, 11) is 0. The second kappa shape index (κ2) is 5.36. The van der Waals surface area contributed by atoms with E-state index in [1.54, 1.807) is 17.3 Å². The molecule has 0 radical (unpaired) electrons. The second-order valence-corrected chi connectivity index (χ2v) is 5.82. The Bertz CT molecular complexity index is 939. The lowest BCUT2D eigenvalue weighted by Gasteiger charge is -2.16. The van der Waals surface area contributed by atoms with Gasteiger partial charge in [-0.05, 0) is 24.1 Å². The van der Waals surface area contributed by atoms with Crippen molar-refractivity contribution >= 4 is 27.8 Å². The number of likely N-dealkylation sites (tertiary alicyclic amines) is 1. The van der Waals surface area contributed by atoms with Crippen LogP contribution in [0.5, 0.6) is 0 Å². The molecule has 0 aromatic carbocycles. The van der Waals surface area contributed by atoms with Crippen LogP contribution in [0, 0.1) is 11.3 Å². The zero-order valence-electron chi connectivity index (χ0n) is 12.5. The lowest BCUT2D eigenvalue weighted by molar-refractivity contribution is -0.129. The molecule has 6 heteroatoms. The van der Waals surface area contributed by atoms with E-state index in [9.17, 15) is 4.79 Å². The zero-order valence-corrected chi connectivity index (χ0v) is 12.5. The van der Waals surface area contributed by atoms with Gasteiger partial charge in [0.1, 0.15) is 12.1 Å². The lowest BCUT2D eigenvalue weighted by Crippen LogP contribution is -2.27. The van der Waals surface area contributed by atoms with Gasteiger partial charge in [0, 0.05) is 42.2 Å². The van der Waals surface area contributed by atoms with Crippen LogP contribution in [0.15, 0.2) is 30.7 Å². The Morgan fingerprint density at radius 1 is 1.43 bits per heavy atom. The molecule has 4 rings (SSSR count). The molecule has 3 aromatic heterocycles. The maximum atomic E-state index is 11.9. The number of hydrogen-bond acceptors (Lipinski definition) is 4. The Hall–Kier alpha value is -2.94. The zero-order chi connectivity index (χ0) is 15.8. The topological polar surface area (TPSA) is 85.7 Å². The normalized spacial score (nSPS) is 17.7. The van der Waals surface area contributed by atoms with E-state index in [0.29, 0.717) is 13.1 Å². The van der Waals surface area contributed by atoms with Crippen LogP contribution in [0.3, 0.4) is 0 Å². The molecule has 0 unspecified atom stereocenters. The number of aromatic nitrogens is 3. The highest BCUT2D eigenvalue weighted by Gasteiger charge is 2.28. The van der Waals surface area contributed by atoms with E-state index in [-0.39, 0.29) is 18.2 Å². The van der Waals surface area contributed by atoms with Crippen LogP contribution < -0.4 is 0 Å². The highest BCUT2D eigenvalue weighted by atomic mass is 16.2. The fraction of sp³-hybridized carbons (Fsp3) is 0.294. The average molecular weight is 305 g/mol. The number of nitriles is 1. The Kier molecular flexibility index (Phi) is 3.19. The first-order valence-corrected chi connectivity index (χ1v) is 7.63. The number of aromatic amines is 1. The van der Waals surface area contributed by atoms with E-state index in [2.05, 4.69) is 15.0 Å². The van der Waals surface area contributed by atoms with Crippen molar-refractivity contribution in [3.63, 3.8) is 0 Å². The van der Waals surface area contributed by atoms with Crippen LogP contribution in [0.4, 0.5) is 0 Å². The van der Waals surface area contributed by atoms with Crippen molar-refractivity contribution in [1.29, 1.82) is 5.26 Å². The van der Waals surface area contributed by atoms with Crippen LogP contribution in [-0.2, 0) is 4.79 Å². The number of carbonyl (C=O) groups excluding carboxylic acids is 1. The van der Waals surface area contributed by atoms with Gasteiger partial charge < -0.3 is 9.88 Å². The van der Waals surface area contributed by atoms with Gasteiger partial charge in [-0.25, -0.2) is 4.98 Å². The van der Waals surface area contributed by atoms with Gasteiger partial charge in [0.2, 0.25) is 5.91 Å². The third-order valence-corrected chi connectivity index (χ3v) is 4.53. The summed E-state index contributed by atoms with van der Waals surface area (Å²) in [5.41, 5.74) is 2.92. The van der Waals surface area contributed by atoms with E-state index in [1.165, 1.54) is 5.56 Å². The maximum Gasteiger partial charge on any atom is 0.236 e. The number of nitrogens with one attached hydrogen (secondary N) is 1. The molecular formula is C17H15N5O. The first-order valence-electron chi connectivity index (χ1n) is 7.63. The minimum atomic E-state index is -0.0816. The fourth-order valence-corrected chi connectivity index (χ4v) is 3.44. The third kappa shape index (κ3) is 2.21. The average Bonchev–Trinajstić information content (AvgIpc) is 3.23. The number of fused-ring (bicyclic) bond motifs is 3. The van der Waals surface area contributed by atoms with E-state index in [1.807, 2.05) is 24.4 Å². The Balaban J connectivity index is 1.76. The van der Waals surface area contributed by atoms with Crippen LogP contribution in [0.2, 0.25) is 0 Å². The molecule has 1 N–H and O–H groups in total. The third-order valence-electron chi connectivity index (χ3n) is 4.53. The lowest BCUT2D eigenvalue weighted by atomic mass is 9.94. The van der Waals surface area contributed by atoms with Gasteiger partial charge >= 0.3 is 0 Å². The van der Waals surface area contributed by atoms with E-state index < -0.39 is 0 Å². The number of nitrogens with zero attached hydrogens (tertiary/aromatic N) is 4. The molecule has 0 aliphatic carbocycles. The Labute approximate surface area is 132 Å². The van der Waals surface area contributed by atoms with Crippen molar-refractivity contribution in [1.82, 2.24) is 19.9 Å². The van der Waals surface area contributed by atoms with Crippen molar-refractivity contribution in [2.24, 2.45) is 0 Å². The summed E-state index contributed by atoms with van der Waals surface area (Å²) in [6.45, 7) is 1.37. The van der Waals surface area contributed by atoms with Crippen molar-refractivity contribution < 1.29 is 4.79 Å². The predicted octanol–water partition coefficient (Wildman–Crippen LogP) is 2.34. The largest absolute Gasteiger partial charge is 0.346 e. The number of hydrogen-bond donors (Lipinski definition) is 1. The summed E-state index contributed by atoms with van der Waals surface area (Å²) in [5, 5.41) is 10.9. The molecule has 114 valence electrons. The summed E-state index contributed by atoms with van der Waals surface area (Å²) >= 11 is 0. The van der Waals surface area contributed by atoms with Crippen molar-refractivity contribution in [3.05, 3.63) is 36.3 Å². The quantitative estimate of drug-likeness (QED) is 0.787. The molecule has 1 saturated heterocycles. The minimum absolute atomic E-state index is 0.0458. The smallest absolute Gasteiger partial charge is 0.236 e. The van der Waals surface area contributed by atoms with Gasteiger partial charge in [0.25, 0.3) is 0 Å². The Morgan fingerprint density at radius 3 is 3.22 bits per heavy atom. The first-order chi connectivity index (χ1) is 11.3. The summed E-state index contributed by atoms with van der Waals surface area (Å²) in [6.07, 6.45) is 6.33. The fourth-order valence-electron chi connectivity index (χ4n) is 3.44. The maximum absolute atomic E-state index is 11.9. The molecule has 1 amide bonds. The summed E-state index contributed by atoms with van der Waals surface area (Å²) in [6, 6.07) is 5.99. The molecule has 1 aliphatic heterocycles. The van der Waals surface area contributed by atoms with Gasteiger partial charge in [-0.1, -0.05) is 0 Å². The van der Waals surface area contributed by atoms with Crippen molar-refractivity contribution in [2.75, 3.05) is 13.1 Å². The van der Waals surface area contributed by atoms with E-state index >= 15 is 0 Å². The van der Waals surface area contributed by atoms with Gasteiger partial charge in [-0.15, -0.1) is 0 Å². The second-order valence-electron chi connectivity index (χ2n) is 5.82. The molecule has 4 heterocycles.